The summed E-state index contributed by atoms with van der Waals surface area (Å²) in [6.45, 7) is 10.2. The first-order valence-electron chi connectivity index (χ1n) is 11.4. The van der Waals surface area contributed by atoms with Gasteiger partial charge in [-0.15, -0.1) is 0 Å². The van der Waals surface area contributed by atoms with E-state index in [0.29, 0.717) is 35.1 Å². The zero-order valence-electron chi connectivity index (χ0n) is 20.3. The van der Waals surface area contributed by atoms with Gasteiger partial charge in [0.25, 0.3) is 5.56 Å². The molecule has 1 aromatic carbocycles. The van der Waals surface area contributed by atoms with Crippen molar-refractivity contribution in [2.45, 2.75) is 66.2 Å². The predicted octanol–water partition coefficient (Wildman–Crippen LogP) is 4.52. The Hall–Kier alpha value is -3.03. The van der Waals surface area contributed by atoms with Crippen LogP contribution in [-0.2, 0) is 28.3 Å². The number of fused-ring (bicyclic) bond motifs is 4. The van der Waals surface area contributed by atoms with Crippen LogP contribution >= 0.6 is 0 Å². The van der Waals surface area contributed by atoms with Gasteiger partial charge in [0, 0.05) is 29.2 Å². The second kappa shape index (κ2) is 11.2. The fourth-order valence-corrected chi connectivity index (χ4v) is 3.78. The molecule has 33 heavy (non-hydrogen) atoms. The van der Waals surface area contributed by atoms with Crippen molar-refractivity contribution >= 4 is 17.2 Å². The van der Waals surface area contributed by atoms with E-state index in [1.54, 1.807) is 35.8 Å². The Morgan fingerprint density at radius 3 is 2.45 bits per heavy atom. The van der Waals surface area contributed by atoms with Crippen molar-refractivity contribution in [1.82, 2.24) is 9.55 Å². The van der Waals surface area contributed by atoms with Crippen LogP contribution < -0.4 is 5.56 Å². The molecule has 0 fully saturated rings. The van der Waals surface area contributed by atoms with Crippen LogP contribution in [0.3, 0.4) is 0 Å². The first-order chi connectivity index (χ1) is 15.8. The van der Waals surface area contributed by atoms with E-state index in [1.165, 1.54) is 13.5 Å². The maximum Gasteiger partial charge on any atom is 0.257 e. The van der Waals surface area contributed by atoms with Crippen LogP contribution in [0.15, 0.2) is 35.1 Å². The number of aromatic hydroxyl groups is 1. The molecule has 0 spiro atoms. The Balaban J connectivity index is 0.000000714. The number of carbonyl (C=O) groups excluding carboxylic acids is 1. The molecule has 0 amide bonds. The molecule has 1 aliphatic rings. The van der Waals surface area contributed by atoms with Crippen molar-refractivity contribution in [2.24, 2.45) is 0 Å². The third-order valence-corrected chi connectivity index (χ3v) is 5.38. The van der Waals surface area contributed by atoms with E-state index >= 15 is 0 Å². The van der Waals surface area contributed by atoms with E-state index in [2.05, 4.69) is 18.8 Å². The Labute approximate surface area is 194 Å². The van der Waals surface area contributed by atoms with Gasteiger partial charge >= 0.3 is 0 Å². The van der Waals surface area contributed by atoms with E-state index in [9.17, 15) is 19.8 Å². The number of aldehydes is 1. The van der Waals surface area contributed by atoms with Gasteiger partial charge in [0.1, 0.15) is 11.4 Å². The molecule has 178 valence electrons. The Morgan fingerprint density at radius 1 is 1.21 bits per heavy atom. The fraction of sp³-hybridized carbons (Fsp3) is 0.423. The molecule has 2 N–H and O–H groups in total. The molecular formula is C26H34N2O5. The number of hydrogen-bond donors (Lipinski definition) is 2. The Bertz CT molecular complexity index is 1190. The Morgan fingerprint density at radius 2 is 1.88 bits per heavy atom. The standard InChI is InChI=1S/C21H20N2O5.C3H8.C2H6/c1-3-21(27,11-24)15-8-17-19-12(9-23(17)20(26)14(15)10-28-2)7-13-16(22-19)5-4-6-18(13)25;1-3-2;1-2/h4-8,11,25,27H,3,9-10H2,1-2H3;3H2,1-2H3;1-2H3/t21-;;/m1../s1. The summed E-state index contributed by atoms with van der Waals surface area (Å²) >= 11 is 0. The largest absolute Gasteiger partial charge is 0.507 e. The van der Waals surface area contributed by atoms with E-state index in [1.807, 2.05) is 19.9 Å². The van der Waals surface area contributed by atoms with Gasteiger partial charge in [-0.3, -0.25) is 9.59 Å². The third-order valence-electron chi connectivity index (χ3n) is 5.38. The van der Waals surface area contributed by atoms with Crippen molar-refractivity contribution < 1.29 is 19.7 Å². The lowest BCUT2D eigenvalue weighted by atomic mass is 9.89. The summed E-state index contributed by atoms with van der Waals surface area (Å²) in [5.74, 6) is 0.123. The molecule has 0 aliphatic carbocycles. The van der Waals surface area contributed by atoms with Gasteiger partial charge in [-0.1, -0.05) is 47.1 Å². The number of phenolic OH excluding ortho intramolecular Hbond substituents is 1. The highest BCUT2D eigenvalue weighted by molar-refractivity contribution is 5.88. The molecule has 2 aromatic heterocycles. The van der Waals surface area contributed by atoms with Crippen LogP contribution in [0.4, 0.5) is 0 Å². The molecule has 7 nitrogen and oxygen atoms in total. The summed E-state index contributed by atoms with van der Waals surface area (Å²) in [5, 5.41) is 21.5. The monoisotopic (exact) mass is 454 g/mol. The lowest BCUT2D eigenvalue weighted by Crippen LogP contribution is -2.34. The van der Waals surface area contributed by atoms with Crippen LogP contribution in [0.5, 0.6) is 5.75 Å². The SMILES string of the molecule is CC.CCC.CC[C@@](O)(C=O)c1cc2n(c(=O)c1COC)Cc1cc3c(O)cccc3nc1-2. The molecule has 0 bridgehead atoms. The highest BCUT2D eigenvalue weighted by atomic mass is 16.5. The number of pyridine rings is 2. The van der Waals surface area contributed by atoms with E-state index < -0.39 is 5.60 Å². The van der Waals surface area contributed by atoms with Crippen molar-refractivity contribution in [3.05, 3.63) is 57.4 Å². The number of rotatable bonds is 5. The van der Waals surface area contributed by atoms with Crippen molar-refractivity contribution in [2.75, 3.05) is 7.11 Å². The molecule has 0 saturated carbocycles. The van der Waals surface area contributed by atoms with Gasteiger partial charge < -0.3 is 19.5 Å². The second-order valence-electron chi connectivity index (χ2n) is 7.69. The van der Waals surface area contributed by atoms with Crippen LogP contribution in [0.1, 0.15) is 64.2 Å². The van der Waals surface area contributed by atoms with Crippen molar-refractivity contribution in [3.63, 3.8) is 0 Å². The summed E-state index contributed by atoms with van der Waals surface area (Å²) in [4.78, 5) is 29.4. The minimum Gasteiger partial charge on any atom is -0.507 e. The van der Waals surface area contributed by atoms with Crippen LogP contribution in [0.2, 0.25) is 0 Å². The molecule has 0 unspecified atom stereocenters. The van der Waals surface area contributed by atoms with Gasteiger partial charge in [-0.25, -0.2) is 4.98 Å². The van der Waals surface area contributed by atoms with Gasteiger partial charge in [0.05, 0.1) is 30.1 Å². The number of ether oxygens (including phenoxy) is 1. The highest BCUT2D eigenvalue weighted by Gasteiger charge is 2.34. The summed E-state index contributed by atoms with van der Waals surface area (Å²) in [6, 6.07) is 8.55. The maximum atomic E-state index is 13.2. The Kier molecular flexibility index (Phi) is 8.91. The lowest BCUT2D eigenvalue weighted by Gasteiger charge is -2.24. The average molecular weight is 455 g/mol. The minimum absolute atomic E-state index is 0.0167. The maximum absolute atomic E-state index is 13.2. The summed E-state index contributed by atoms with van der Waals surface area (Å²) in [7, 11) is 1.46. The molecule has 3 aromatic rings. The van der Waals surface area contributed by atoms with Gasteiger partial charge in [0.2, 0.25) is 0 Å². The number of nitrogens with zero attached hydrogens (tertiary/aromatic N) is 2. The first kappa shape index (κ1) is 26.2. The first-order valence-corrected chi connectivity index (χ1v) is 11.4. The van der Waals surface area contributed by atoms with Crippen molar-refractivity contribution in [1.29, 1.82) is 0 Å². The number of aromatic nitrogens is 2. The average Bonchev–Trinajstić information content (AvgIpc) is 3.19. The number of carbonyl (C=O) groups is 1. The number of hydrogen-bond acceptors (Lipinski definition) is 6. The molecule has 0 radical (unpaired) electrons. The van der Waals surface area contributed by atoms with Gasteiger partial charge in [-0.2, -0.15) is 0 Å². The normalized spacial score (nSPS) is 13.1. The zero-order valence-corrected chi connectivity index (χ0v) is 20.3. The molecule has 1 atom stereocenters. The smallest absolute Gasteiger partial charge is 0.257 e. The zero-order chi connectivity index (χ0) is 24.8. The quantitative estimate of drug-likeness (QED) is 0.430. The number of benzene rings is 1. The second-order valence-corrected chi connectivity index (χ2v) is 7.69. The minimum atomic E-state index is -1.78. The molecule has 1 aliphatic heterocycles. The number of methoxy groups -OCH3 is 1. The fourth-order valence-electron chi connectivity index (χ4n) is 3.78. The summed E-state index contributed by atoms with van der Waals surface area (Å²) in [5.41, 5.74) is 0.922. The molecule has 4 rings (SSSR count). The predicted molar refractivity (Wildman–Crippen MR) is 130 cm³/mol. The molecular weight excluding hydrogens is 420 g/mol. The number of phenols is 1. The number of aliphatic hydroxyl groups is 1. The van der Waals surface area contributed by atoms with Crippen LogP contribution in [0, 0.1) is 0 Å². The van der Waals surface area contributed by atoms with Gasteiger partial charge in [0.15, 0.2) is 6.29 Å². The lowest BCUT2D eigenvalue weighted by molar-refractivity contribution is -0.125. The summed E-state index contributed by atoms with van der Waals surface area (Å²) in [6.07, 6.45) is 1.84. The molecule has 0 saturated heterocycles. The topological polar surface area (TPSA) is 102 Å². The summed E-state index contributed by atoms with van der Waals surface area (Å²) < 4.78 is 6.72. The van der Waals surface area contributed by atoms with E-state index in [-0.39, 0.29) is 35.5 Å². The third kappa shape index (κ3) is 4.84. The molecule has 7 heteroatoms. The van der Waals surface area contributed by atoms with E-state index in [4.69, 9.17) is 4.74 Å². The van der Waals surface area contributed by atoms with E-state index in [0.717, 1.165) is 5.56 Å². The van der Waals surface area contributed by atoms with Crippen molar-refractivity contribution in [3.8, 4) is 17.1 Å². The molecule has 3 heterocycles. The van der Waals surface area contributed by atoms with Crippen LogP contribution in [-0.4, -0.2) is 33.2 Å². The van der Waals surface area contributed by atoms with Gasteiger partial charge in [-0.05, 0) is 30.7 Å². The van der Waals surface area contributed by atoms with Crippen LogP contribution in [0.25, 0.3) is 22.3 Å². The highest BCUT2D eigenvalue weighted by Crippen LogP contribution is 2.37.